The van der Waals surface area contributed by atoms with E-state index in [-0.39, 0.29) is 36.0 Å². The minimum Gasteiger partial charge on any atom is -0.494 e. The summed E-state index contributed by atoms with van der Waals surface area (Å²) in [5, 5.41) is 0. The molecule has 0 radical (unpaired) electrons. The number of hydrogen-bond donors (Lipinski definition) is 0. The smallest absolute Gasteiger partial charge is 0.215 e. The topological polar surface area (TPSA) is 89.5 Å². The number of ether oxygens (including phenoxy) is 1. The van der Waals surface area contributed by atoms with Crippen molar-refractivity contribution in [3.05, 3.63) is 90.0 Å². The lowest BCUT2D eigenvalue weighted by Crippen LogP contribution is -2.46. The molecular formula is C31H37N3O4S. The first-order valence-corrected chi connectivity index (χ1v) is 15.3. The molecule has 39 heavy (non-hydrogen) atoms. The summed E-state index contributed by atoms with van der Waals surface area (Å²) in [6, 6.07) is 15.3. The van der Waals surface area contributed by atoms with E-state index in [0.717, 1.165) is 30.4 Å². The predicted octanol–water partition coefficient (Wildman–Crippen LogP) is 5.22. The second-order valence-corrected chi connectivity index (χ2v) is 13.5. The van der Waals surface area contributed by atoms with Gasteiger partial charge in [-0.1, -0.05) is 26.0 Å². The number of hydrogen-bond acceptors (Lipinski definition) is 6. The van der Waals surface area contributed by atoms with E-state index in [0.29, 0.717) is 25.2 Å². The minimum atomic E-state index is -3.77. The zero-order valence-electron chi connectivity index (χ0n) is 22.8. The number of sulfonamides is 1. The van der Waals surface area contributed by atoms with E-state index in [1.165, 1.54) is 9.87 Å². The number of ketones is 1. The summed E-state index contributed by atoms with van der Waals surface area (Å²) in [5.41, 5.74) is 1.79. The average molecular weight is 548 g/mol. The highest BCUT2D eigenvalue weighted by Gasteiger charge is 2.65. The van der Waals surface area contributed by atoms with Crippen molar-refractivity contribution < 1.29 is 17.9 Å². The predicted molar refractivity (Wildman–Crippen MR) is 150 cm³/mol. The van der Waals surface area contributed by atoms with Crippen molar-refractivity contribution in [1.29, 1.82) is 0 Å². The maximum Gasteiger partial charge on any atom is 0.215 e. The molecule has 2 aromatic heterocycles. The Balaban J connectivity index is 1.32. The van der Waals surface area contributed by atoms with Crippen molar-refractivity contribution in [2.75, 3.05) is 12.4 Å². The number of Topliss-reactive ketones (excluding diaryl/α,β-unsaturated/α-hetero) is 1. The Morgan fingerprint density at radius 3 is 2.26 bits per heavy atom. The molecule has 3 aromatic rings. The van der Waals surface area contributed by atoms with Gasteiger partial charge < -0.3 is 4.74 Å². The lowest BCUT2D eigenvalue weighted by Gasteiger charge is -2.37. The third-order valence-corrected chi connectivity index (χ3v) is 10.9. The van der Waals surface area contributed by atoms with Crippen LogP contribution in [-0.2, 0) is 34.3 Å². The number of nitrogens with zero attached hydrogens (tertiary/aromatic N) is 3. The van der Waals surface area contributed by atoms with Gasteiger partial charge >= 0.3 is 0 Å². The van der Waals surface area contributed by atoms with E-state index in [1.54, 1.807) is 24.8 Å². The van der Waals surface area contributed by atoms with Crippen LogP contribution in [0.4, 0.5) is 0 Å². The lowest BCUT2D eigenvalue weighted by atomic mass is 9.70. The van der Waals surface area contributed by atoms with Crippen LogP contribution in [0.15, 0.2) is 73.3 Å². The zero-order chi connectivity index (χ0) is 27.5. The number of aromatic nitrogens is 2. The Morgan fingerprint density at radius 2 is 1.62 bits per heavy atom. The Bertz CT molecular complexity index is 1400. The summed E-state index contributed by atoms with van der Waals surface area (Å²) in [6.07, 6.45) is 10.7. The van der Waals surface area contributed by atoms with Gasteiger partial charge in [-0.15, -0.1) is 0 Å². The molecule has 0 spiro atoms. The van der Waals surface area contributed by atoms with Gasteiger partial charge in [0.05, 0.1) is 12.4 Å². The van der Waals surface area contributed by atoms with Crippen molar-refractivity contribution >= 4 is 15.8 Å². The minimum absolute atomic E-state index is 0.110. The van der Waals surface area contributed by atoms with Gasteiger partial charge in [-0.25, -0.2) is 8.42 Å². The number of benzene rings is 1. The van der Waals surface area contributed by atoms with Gasteiger partial charge in [0.25, 0.3) is 0 Å². The van der Waals surface area contributed by atoms with E-state index >= 15 is 0 Å². The Morgan fingerprint density at radius 1 is 0.949 bits per heavy atom. The molecule has 2 bridgehead atoms. The van der Waals surface area contributed by atoms with Gasteiger partial charge in [-0.2, -0.15) is 4.31 Å². The van der Waals surface area contributed by atoms with Gasteiger partial charge in [0.2, 0.25) is 10.0 Å². The summed E-state index contributed by atoms with van der Waals surface area (Å²) < 4.78 is 35.7. The van der Waals surface area contributed by atoms with Gasteiger partial charge in [0, 0.05) is 49.7 Å². The van der Waals surface area contributed by atoms with Crippen LogP contribution >= 0.6 is 0 Å². The lowest BCUT2D eigenvalue weighted by molar-refractivity contribution is -0.128. The highest BCUT2D eigenvalue weighted by Crippen LogP contribution is 2.64. The molecule has 2 fully saturated rings. The molecule has 0 saturated heterocycles. The molecule has 0 unspecified atom stereocenters. The van der Waals surface area contributed by atoms with Crippen molar-refractivity contribution in [3.63, 3.8) is 0 Å². The Hall–Kier alpha value is -3.10. The molecular weight excluding hydrogens is 510 g/mol. The third kappa shape index (κ3) is 5.77. The first kappa shape index (κ1) is 27.5. The van der Waals surface area contributed by atoms with Gasteiger partial charge in [-0.05, 0) is 90.1 Å². The molecule has 0 N–H and O–H groups in total. The largest absolute Gasteiger partial charge is 0.494 e. The Labute approximate surface area is 231 Å². The van der Waals surface area contributed by atoms with Crippen LogP contribution in [0.3, 0.4) is 0 Å². The van der Waals surface area contributed by atoms with Crippen LogP contribution in [0.5, 0.6) is 5.75 Å². The third-order valence-electron chi connectivity index (χ3n) is 8.95. The zero-order valence-corrected chi connectivity index (χ0v) is 23.6. The van der Waals surface area contributed by atoms with Gasteiger partial charge in [0.15, 0.2) is 0 Å². The van der Waals surface area contributed by atoms with Crippen LogP contribution in [0.1, 0.15) is 56.2 Å². The fourth-order valence-electron chi connectivity index (χ4n) is 6.41. The Kier molecular flexibility index (Phi) is 7.87. The normalized spacial score (nSPS) is 21.9. The van der Waals surface area contributed by atoms with Crippen molar-refractivity contribution in [2.24, 2.45) is 16.7 Å². The quantitative estimate of drug-likeness (QED) is 0.289. The summed E-state index contributed by atoms with van der Waals surface area (Å²) >= 11 is 0. The number of fused-ring (bicyclic) bond motifs is 2. The molecule has 5 rings (SSSR count). The molecule has 0 amide bonds. The monoisotopic (exact) mass is 547 g/mol. The summed E-state index contributed by atoms with van der Waals surface area (Å²) in [6.45, 7) is 5.14. The van der Waals surface area contributed by atoms with Crippen LogP contribution in [0.2, 0.25) is 0 Å². The number of rotatable bonds is 12. The molecule has 2 saturated carbocycles. The molecule has 2 atom stereocenters. The maximum absolute atomic E-state index is 14.1. The van der Waals surface area contributed by atoms with Crippen LogP contribution < -0.4 is 4.74 Å². The van der Waals surface area contributed by atoms with E-state index in [9.17, 15) is 13.2 Å². The second kappa shape index (κ2) is 11.2. The second-order valence-electron chi connectivity index (χ2n) is 11.5. The van der Waals surface area contributed by atoms with Crippen molar-refractivity contribution in [3.8, 4) is 5.75 Å². The molecule has 7 nitrogen and oxygen atoms in total. The van der Waals surface area contributed by atoms with Crippen LogP contribution in [-0.4, -0.2) is 40.8 Å². The summed E-state index contributed by atoms with van der Waals surface area (Å²) in [4.78, 5) is 21.3. The van der Waals surface area contributed by atoms with E-state index in [4.69, 9.17) is 4.74 Å². The van der Waals surface area contributed by atoms with E-state index in [2.05, 4.69) is 23.8 Å². The summed E-state index contributed by atoms with van der Waals surface area (Å²) in [5.74, 6) is 0.950. The van der Waals surface area contributed by atoms with Crippen LogP contribution in [0, 0.1) is 16.7 Å². The molecule has 2 aliphatic carbocycles. The molecule has 2 aliphatic rings. The first-order valence-electron chi connectivity index (χ1n) is 13.7. The fourth-order valence-corrected chi connectivity index (χ4v) is 8.58. The van der Waals surface area contributed by atoms with Crippen LogP contribution in [0.25, 0.3) is 0 Å². The number of carbonyl (C=O) groups excluding carboxylic acids is 1. The van der Waals surface area contributed by atoms with Gasteiger partial charge in [-0.3, -0.25) is 14.8 Å². The van der Waals surface area contributed by atoms with E-state index < -0.39 is 15.4 Å². The molecule has 2 heterocycles. The highest BCUT2D eigenvalue weighted by molar-refractivity contribution is 7.89. The highest BCUT2D eigenvalue weighted by atomic mass is 32.2. The fraction of sp³-hybridized carbons (Fsp3) is 0.452. The molecule has 0 aliphatic heterocycles. The maximum atomic E-state index is 14.1. The number of pyridine rings is 2. The average Bonchev–Trinajstić information content (AvgIpc) is 3.26. The first-order chi connectivity index (χ1) is 18.7. The molecule has 8 heteroatoms. The van der Waals surface area contributed by atoms with E-state index in [1.807, 2.05) is 48.5 Å². The summed E-state index contributed by atoms with van der Waals surface area (Å²) in [7, 11) is -3.77. The van der Waals surface area contributed by atoms with Crippen molar-refractivity contribution in [2.45, 2.75) is 59.0 Å². The molecule has 206 valence electrons. The van der Waals surface area contributed by atoms with Gasteiger partial charge in [0.1, 0.15) is 11.5 Å². The number of carbonyl (C=O) groups is 1. The number of aryl methyl sites for hydroxylation is 1. The SMILES string of the molecule is CC1(C)[C@@H]2CC[C@@]1(CS(=O)(=O)N(Cc1ccncc1)Cc1cccc(OCCCc3ccncc3)c1)C(=O)C2. The standard InChI is InChI=1S/C31H37N3O4S/c1-30(2)27-8-13-31(30,29(35)20-27)23-39(36,37)34(21-25-11-16-33-17-12-25)22-26-5-3-7-28(19-26)38-18-4-6-24-9-14-32-15-10-24/h3,5,7,9-12,14-17,19,27H,4,6,8,13,18,20-23H2,1-2H3/t27-,31-/m1/s1. The van der Waals surface area contributed by atoms with Crippen molar-refractivity contribution in [1.82, 2.24) is 14.3 Å². The molecule has 1 aromatic carbocycles.